The lowest BCUT2D eigenvalue weighted by atomic mass is 10.1. The monoisotopic (exact) mass is 358 g/mol. The number of nitrogens with one attached hydrogen (secondary N) is 1. The second-order valence-corrected chi connectivity index (χ2v) is 6.08. The Balaban J connectivity index is 2.19. The van der Waals surface area contributed by atoms with Crippen molar-refractivity contribution < 1.29 is 0 Å². The first-order valence-corrected chi connectivity index (χ1v) is 7.51. The summed E-state index contributed by atoms with van der Waals surface area (Å²) in [6, 6.07) is 10.7. The Morgan fingerprint density at radius 1 is 1.41 bits per heavy atom. The molecular weight excluding hydrogens is 343 g/mol. The van der Waals surface area contributed by atoms with E-state index in [0.717, 1.165) is 21.4 Å². The summed E-state index contributed by atoms with van der Waals surface area (Å²) in [6.45, 7) is 2.18. The summed E-state index contributed by atoms with van der Waals surface area (Å²) in [4.78, 5) is 1.35. The minimum absolute atomic E-state index is 0.345. The molecular formula is C13H15IN2S. The standard InChI is InChI=1S/C13H15IN2S/c1-2-11(13-4-3-7-17-13)16-12-6-5-9(14)8-10(12)15/h3-8,11,16H,2,15H2,1H3. The molecule has 0 fully saturated rings. The molecule has 0 radical (unpaired) electrons. The zero-order valence-electron chi connectivity index (χ0n) is 9.61. The second kappa shape index (κ2) is 5.73. The fourth-order valence-corrected chi connectivity index (χ4v) is 3.09. The van der Waals surface area contributed by atoms with Gasteiger partial charge in [0.05, 0.1) is 17.4 Å². The summed E-state index contributed by atoms with van der Waals surface area (Å²) in [6.07, 6.45) is 1.05. The van der Waals surface area contributed by atoms with Gasteiger partial charge in [-0.3, -0.25) is 0 Å². The van der Waals surface area contributed by atoms with E-state index in [1.807, 2.05) is 12.1 Å². The summed E-state index contributed by atoms with van der Waals surface area (Å²) in [7, 11) is 0. The van der Waals surface area contributed by atoms with E-state index in [2.05, 4.69) is 58.4 Å². The van der Waals surface area contributed by atoms with Gasteiger partial charge in [0, 0.05) is 8.45 Å². The Morgan fingerprint density at radius 3 is 2.82 bits per heavy atom. The molecule has 1 atom stereocenters. The number of thiophene rings is 1. The van der Waals surface area contributed by atoms with Gasteiger partial charge in [0.1, 0.15) is 0 Å². The van der Waals surface area contributed by atoms with Gasteiger partial charge in [0.2, 0.25) is 0 Å². The van der Waals surface area contributed by atoms with Crippen molar-refractivity contribution in [3.8, 4) is 0 Å². The Labute approximate surface area is 119 Å². The maximum Gasteiger partial charge on any atom is 0.0604 e. The third-order valence-corrected chi connectivity index (χ3v) is 4.30. The molecule has 0 saturated carbocycles. The fraction of sp³-hybridized carbons (Fsp3) is 0.231. The molecule has 1 heterocycles. The van der Waals surface area contributed by atoms with Crippen molar-refractivity contribution in [2.45, 2.75) is 19.4 Å². The zero-order valence-corrected chi connectivity index (χ0v) is 12.6. The fourth-order valence-electron chi connectivity index (χ4n) is 1.72. The van der Waals surface area contributed by atoms with Crippen molar-refractivity contribution in [1.82, 2.24) is 0 Å². The molecule has 1 unspecified atom stereocenters. The van der Waals surface area contributed by atoms with Crippen molar-refractivity contribution in [2.24, 2.45) is 0 Å². The normalized spacial score (nSPS) is 12.4. The molecule has 2 nitrogen and oxygen atoms in total. The maximum absolute atomic E-state index is 6.01. The smallest absolute Gasteiger partial charge is 0.0604 e. The van der Waals surface area contributed by atoms with E-state index >= 15 is 0 Å². The summed E-state index contributed by atoms with van der Waals surface area (Å²) >= 11 is 4.05. The average molecular weight is 358 g/mol. The predicted octanol–water partition coefficient (Wildman–Crippen LogP) is 4.50. The lowest BCUT2D eigenvalue weighted by Crippen LogP contribution is -2.09. The van der Waals surface area contributed by atoms with Crippen molar-refractivity contribution in [1.29, 1.82) is 0 Å². The van der Waals surface area contributed by atoms with E-state index in [1.54, 1.807) is 11.3 Å². The number of nitrogens with two attached hydrogens (primary N) is 1. The maximum atomic E-state index is 6.01. The molecule has 0 aliphatic rings. The molecule has 1 aromatic heterocycles. The molecule has 90 valence electrons. The minimum atomic E-state index is 0.345. The summed E-state index contributed by atoms with van der Waals surface area (Å²) in [5.74, 6) is 0. The first-order chi connectivity index (χ1) is 8.20. The molecule has 4 heteroatoms. The lowest BCUT2D eigenvalue weighted by molar-refractivity contribution is 0.764. The van der Waals surface area contributed by atoms with Crippen LogP contribution < -0.4 is 11.1 Å². The first kappa shape index (κ1) is 12.7. The summed E-state index contributed by atoms with van der Waals surface area (Å²) < 4.78 is 1.16. The SMILES string of the molecule is CCC(Nc1ccc(I)cc1N)c1cccs1. The van der Waals surface area contributed by atoms with Gasteiger partial charge in [-0.15, -0.1) is 11.3 Å². The van der Waals surface area contributed by atoms with Crippen LogP contribution in [0.5, 0.6) is 0 Å². The third-order valence-electron chi connectivity index (χ3n) is 2.64. The van der Waals surface area contributed by atoms with Crippen molar-refractivity contribution in [3.05, 3.63) is 44.2 Å². The van der Waals surface area contributed by atoms with E-state index in [9.17, 15) is 0 Å². The molecule has 0 aliphatic heterocycles. The van der Waals surface area contributed by atoms with Crippen LogP contribution in [0.25, 0.3) is 0 Å². The quantitative estimate of drug-likeness (QED) is 0.624. The molecule has 17 heavy (non-hydrogen) atoms. The molecule has 1 aromatic carbocycles. The number of hydrogen-bond donors (Lipinski definition) is 2. The van der Waals surface area contributed by atoms with Gasteiger partial charge in [-0.2, -0.15) is 0 Å². The van der Waals surface area contributed by atoms with Crippen molar-refractivity contribution in [3.63, 3.8) is 0 Å². The number of anilines is 2. The average Bonchev–Trinajstić information content (AvgIpc) is 2.81. The van der Waals surface area contributed by atoms with E-state index in [1.165, 1.54) is 4.88 Å². The Bertz CT molecular complexity index is 482. The summed E-state index contributed by atoms with van der Waals surface area (Å²) in [5.41, 5.74) is 7.84. The van der Waals surface area contributed by atoms with Crippen LogP contribution in [0.4, 0.5) is 11.4 Å². The lowest BCUT2D eigenvalue weighted by Gasteiger charge is -2.18. The van der Waals surface area contributed by atoms with Gasteiger partial charge < -0.3 is 11.1 Å². The van der Waals surface area contributed by atoms with Crippen LogP contribution in [0.1, 0.15) is 24.3 Å². The van der Waals surface area contributed by atoms with Gasteiger partial charge in [-0.05, 0) is 58.7 Å². The number of hydrogen-bond acceptors (Lipinski definition) is 3. The van der Waals surface area contributed by atoms with Gasteiger partial charge >= 0.3 is 0 Å². The van der Waals surface area contributed by atoms with Crippen LogP contribution in [-0.4, -0.2) is 0 Å². The Hall–Kier alpha value is -0.750. The Morgan fingerprint density at radius 2 is 2.24 bits per heavy atom. The second-order valence-electron chi connectivity index (χ2n) is 3.85. The van der Waals surface area contributed by atoms with Gasteiger partial charge in [0.25, 0.3) is 0 Å². The highest BCUT2D eigenvalue weighted by Gasteiger charge is 2.11. The minimum Gasteiger partial charge on any atom is -0.397 e. The highest BCUT2D eigenvalue weighted by Crippen LogP contribution is 2.29. The van der Waals surface area contributed by atoms with Crippen LogP contribution in [0.15, 0.2) is 35.7 Å². The molecule has 0 bridgehead atoms. The molecule has 0 spiro atoms. The van der Waals surface area contributed by atoms with Crippen molar-refractivity contribution >= 4 is 45.3 Å². The molecule has 0 amide bonds. The first-order valence-electron chi connectivity index (χ1n) is 5.55. The number of benzene rings is 1. The Kier molecular flexibility index (Phi) is 4.28. The van der Waals surface area contributed by atoms with Crippen LogP contribution in [0.2, 0.25) is 0 Å². The number of nitrogen functional groups attached to an aromatic ring is 1. The van der Waals surface area contributed by atoms with E-state index in [-0.39, 0.29) is 0 Å². The van der Waals surface area contributed by atoms with Crippen LogP contribution >= 0.6 is 33.9 Å². The van der Waals surface area contributed by atoms with Crippen LogP contribution in [0.3, 0.4) is 0 Å². The molecule has 0 saturated heterocycles. The largest absolute Gasteiger partial charge is 0.397 e. The van der Waals surface area contributed by atoms with E-state index < -0.39 is 0 Å². The molecule has 2 aromatic rings. The third kappa shape index (κ3) is 3.13. The van der Waals surface area contributed by atoms with Crippen molar-refractivity contribution in [2.75, 3.05) is 11.1 Å². The summed E-state index contributed by atoms with van der Waals surface area (Å²) in [5, 5.41) is 5.62. The molecule has 2 rings (SSSR count). The van der Waals surface area contributed by atoms with E-state index in [0.29, 0.717) is 6.04 Å². The molecule has 3 N–H and O–H groups in total. The zero-order chi connectivity index (χ0) is 12.3. The predicted molar refractivity (Wildman–Crippen MR) is 84.5 cm³/mol. The van der Waals surface area contributed by atoms with Gasteiger partial charge in [0.15, 0.2) is 0 Å². The van der Waals surface area contributed by atoms with Crippen LogP contribution in [-0.2, 0) is 0 Å². The highest BCUT2D eigenvalue weighted by atomic mass is 127. The van der Waals surface area contributed by atoms with E-state index in [4.69, 9.17) is 5.73 Å². The number of halogens is 1. The van der Waals surface area contributed by atoms with Gasteiger partial charge in [-0.1, -0.05) is 13.0 Å². The van der Waals surface area contributed by atoms with Gasteiger partial charge in [-0.25, -0.2) is 0 Å². The molecule has 0 aliphatic carbocycles. The topological polar surface area (TPSA) is 38.0 Å². The van der Waals surface area contributed by atoms with Crippen LogP contribution in [0, 0.1) is 3.57 Å². The highest BCUT2D eigenvalue weighted by molar-refractivity contribution is 14.1. The number of rotatable bonds is 4.